The second-order valence-electron chi connectivity index (χ2n) is 6.05. The van der Waals surface area contributed by atoms with Crippen molar-refractivity contribution in [3.05, 3.63) is 74.6 Å². The standard InChI is InChI=1S/C18H17N5O3/c1-11(2)12-3-7-14(8-4-12)19-21-17-16(20-22-18(17)24)13-5-9-15(10-6-13)23(25)26/h3-11H,1-2H3,(H2,20,22,24). The van der Waals surface area contributed by atoms with E-state index in [9.17, 15) is 14.9 Å². The average Bonchev–Trinajstić information content (AvgIpc) is 3.01. The highest BCUT2D eigenvalue weighted by Crippen LogP contribution is 2.28. The van der Waals surface area contributed by atoms with Crippen LogP contribution in [0, 0.1) is 10.1 Å². The van der Waals surface area contributed by atoms with Gasteiger partial charge in [-0.25, -0.2) is 0 Å². The van der Waals surface area contributed by atoms with Crippen molar-refractivity contribution in [3.63, 3.8) is 0 Å². The van der Waals surface area contributed by atoms with Crippen molar-refractivity contribution in [2.75, 3.05) is 0 Å². The summed E-state index contributed by atoms with van der Waals surface area (Å²) in [6, 6.07) is 13.4. The fourth-order valence-corrected chi connectivity index (χ4v) is 2.44. The van der Waals surface area contributed by atoms with E-state index >= 15 is 0 Å². The van der Waals surface area contributed by atoms with E-state index in [4.69, 9.17) is 0 Å². The molecule has 0 bridgehead atoms. The number of non-ortho nitro benzene ring substituents is 1. The zero-order chi connectivity index (χ0) is 18.7. The summed E-state index contributed by atoms with van der Waals surface area (Å²) in [6.07, 6.45) is 0. The maximum absolute atomic E-state index is 12.0. The molecule has 0 fully saturated rings. The maximum Gasteiger partial charge on any atom is 0.292 e. The Morgan fingerprint density at radius 2 is 1.62 bits per heavy atom. The number of aromatic amines is 2. The van der Waals surface area contributed by atoms with Gasteiger partial charge in [-0.15, -0.1) is 5.11 Å². The molecule has 3 aromatic rings. The molecule has 0 amide bonds. The number of H-pyrrole nitrogens is 2. The van der Waals surface area contributed by atoms with Gasteiger partial charge >= 0.3 is 0 Å². The van der Waals surface area contributed by atoms with Crippen LogP contribution in [0.15, 0.2) is 63.6 Å². The van der Waals surface area contributed by atoms with Crippen LogP contribution in [-0.2, 0) is 0 Å². The lowest BCUT2D eigenvalue weighted by Gasteiger charge is -2.03. The van der Waals surface area contributed by atoms with E-state index in [2.05, 4.69) is 34.3 Å². The average molecular weight is 351 g/mol. The summed E-state index contributed by atoms with van der Waals surface area (Å²) >= 11 is 0. The quantitative estimate of drug-likeness (QED) is 0.390. The van der Waals surface area contributed by atoms with Crippen LogP contribution in [-0.4, -0.2) is 15.1 Å². The summed E-state index contributed by atoms with van der Waals surface area (Å²) in [7, 11) is 0. The number of rotatable bonds is 5. The highest BCUT2D eigenvalue weighted by atomic mass is 16.6. The molecule has 0 saturated carbocycles. The molecule has 8 nitrogen and oxygen atoms in total. The third-order valence-electron chi connectivity index (χ3n) is 3.94. The molecule has 26 heavy (non-hydrogen) atoms. The fourth-order valence-electron chi connectivity index (χ4n) is 2.44. The highest BCUT2D eigenvalue weighted by molar-refractivity contribution is 5.71. The lowest BCUT2D eigenvalue weighted by atomic mass is 10.0. The number of benzene rings is 2. The predicted octanol–water partition coefficient (Wildman–Crippen LogP) is 4.82. The molecule has 1 aromatic heterocycles. The smallest absolute Gasteiger partial charge is 0.292 e. The van der Waals surface area contributed by atoms with Crippen molar-refractivity contribution >= 4 is 17.1 Å². The van der Waals surface area contributed by atoms with E-state index < -0.39 is 10.5 Å². The molecule has 0 saturated heterocycles. The van der Waals surface area contributed by atoms with Crippen molar-refractivity contribution < 1.29 is 4.92 Å². The topological polar surface area (TPSA) is 117 Å². The monoisotopic (exact) mass is 351 g/mol. The van der Waals surface area contributed by atoms with E-state index in [1.54, 1.807) is 12.1 Å². The maximum atomic E-state index is 12.0. The Morgan fingerprint density at radius 1 is 0.962 bits per heavy atom. The third kappa shape index (κ3) is 3.59. The predicted molar refractivity (Wildman–Crippen MR) is 98.2 cm³/mol. The van der Waals surface area contributed by atoms with Gasteiger partial charge in [0.2, 0.25) is 0 Å². The molecule has 0 unspecified atom stereocenters. The number of aromatic nitrogens is 2. The summed E-state index contributed by atoms with van der Waals surface area (Å²) in [5, 5.41) is 24.1. The lowest BCUT2D eigenvalue weighted by molar-refractivity contribution is -0.384. The van der Waals surface area contributed by atoms with E-state index in [0.29, 0.717) is 22.9 Å². The summed E-state index contributed by atoms with van der Waals surface area (Å²) in [5.74, 6) is 0.419. The largest absolute Gasteiger partial charge is 0.295 e. The molecule has 0 spiro atoms. The minimum Gasteiger partial charge on any atom is -0.295 e. The van der Waals surface area contributed by atoms with Gasteiger partial charge in [0, 0.05) is 17.7 Å². The van der Waals surface area contributed by atoms with Gasteiger partial charge in [-0.1, -0.05) is 26.0 Å². The van der Waals surface area contributed by atoms with Crippen LogP contribution in [0.2, 0.25) is 0 Å². The first-order chi connectivity index (χ1) is 12.5. The van der Waals surface area contributed by atoms with Crippen LogP contribution in [0.3, 0.4) is 0 Å². The van der Waals surface area contributed by atoms with Gasteiger partial charge in [0.05, 0.1) is 16.3 Å². The van der Waals surface area contributed by atoms with Gasteiger partial charge in [-0.3, -0.25) is 25.1 Å². The number of nitro groups is 1. The SMILES string of the molecule is CC(C)c1ccc(N=Nc2c(-c3ccc([N+](=O)[O-])cc3)[nH][nH]c2=O)cc1. The Bertz CT molecular complexity index is 999. The lowest BCUT2D eigenvalue weighted by Crippen LogP contribution is -1.96. The number of nitrogens with zero attached hydrogens (tertiary/aromatic N) is 3. The van der Waals surface area contributed by atoms with Crippen LogP contribution in [0.25, 0.3) is 11.3 Å². The number of azo groups is 1. The molecular formula is C18H17N5O3. The van der Waals surface area contributed by atoms with Crippen LogP contribution in [0.5, 0.6) is 0 Å². The van der Waals surface area contributed by atoms with Crippen molar-refractivity contribution in [3.8, 4) is 11.3 Å². The molecule has 0 atom stereocenters. The first kappa shape index (κ1) is 17.3. The highest BCUT2D eigenvalue weighted by Gasteiger charge is 2.13. The summed E-state index contributed by atoms with van der Waals surface area (Å²) in [6.45, 7) is 4.21. The molecule has 2 aromatic carbocycles. The van der Waals surface area contributed by atoms with Gasteiger partial charge in [-0.05, 0) is 35.7 Å². The zero-order valence-corrected chi connectivity index (χ0v) is 14.3. The van der Waals surface area contributed by atoms with Crippen molar-refractivity contribution in [1.82, 2.24) is 10.2 Å². The third-order valence-corrected chi connectivity index (χ3v) is 3.94. The first-order valence-corrected chi connectivity index (χ1v) is 8.03. The Labute approximate surface area is 148 Å². The van der Waals surface area contributed by atoms with Crippen molar-refractivity contribution in [2.24, 2.45) is 10.2 Å². The normalized spacial score (nSPS) is 11.3. The van der Waals surface area contributed by atoms with Gasteiger partial charge in [0.15, 0.2) is 5.69 Å². The number of hydrogen-bond acceptors (Lipinski definition) is 5. The molecule has 2 N–H and O–H groups in total. The second kappa shape index (κ2) is 7.14. The van der Waals surface area contributed by atoms with Gasteiger partial charge in [0.25, 0.3) is 11.2 Å². The second-order valence-corrected chi connectivity index (χ2v) is 6.05. The van der Waals surface area contributed by atoms with E-state index in [0.717, 1.165) is 0 Å². The van der Waals surface area contributed by atoms with Crippen LogP contribution in [0.1, 0.15) is 25.3 Å². The minimum atomic E-state index is -0.481. The number of hydrogen-bond donors (Lipinski definition) is 2. The fraction of sp³-hybridized carbons (Fsp3) is 0.167. The van der Waals surface area contributed by atoms with E-state index in [1.807, 2.05) is 24.3 Å². The molecule has 1 heterocycles. The Hall–Kier alpha value is -3.55. The Kier molecular flexibility index (Phi) is 4.74. The molecular weight excluding hydrogens is 334 g/mol. The van der Waals surface area contributed by atoms with Gasteiger partial charge < -0.3 is 0 Å². The summed E-state index contributed by atoms with van der Waals surface area (Å²) < 4.78 is 0. The molecule has 0 aliphatic heterocycles. The number of nitrogens with one attached hydrogen (secondary N) is 2. The minimum absolute atomic E-state index is 0.0277. The molecule has 132 valence electrons. The number of nitro benzene ring substituents is 1. The molecule has 0 aliphatic carbocycles. The Morgan fingerprint density at radius 3 is 2.19 bits per heavy atom. The zero-order valence-electron chi connectivity index (χ0n) is 14.3. The van der Waals surface area contributed by atoms with Crippen LogP contribution >= 0.6 is 0 Å². The molecule has 0 radical (unpaired) electrons. The Balaban J connectivity index is 1.90. The van der Waals surface area contributed by atoms with E-state index in [1.165, 1.54) is 17.7 Å². The first-order valence-electron chi connectivity index (χ1n) is 8.03. The van der Waals surface area contributed by atoms with Crippen LogP contribution < -0.4 is 5.56 Å². The summed E-state index contributed by atoms with van der Waals surface area (Å²) in [5.41, 5.74) is 2.51. The summed E-state index contributed by atoms with van der Waals surface area (Å²) in [4.78, 5) is 22.3. The van der Waals surface area contributed by atoms with E-state index in [-0.39, 0.29) is 11.4 Å². The van der Waals surface area contributed by atoms with Gasteiger partial charge in [0.1, 0.15) is 0 Å². The van der Waals surface area contributed by atoms with Gasteiger partial charge in [-0.2, -0.15) is 5.11 Å². The molecule has 3 rings (SSSR count). The van der Waals surface area contributed by atoms with Crippen LogP contribution in [0.4, 0.5) is 17.1 Å². The molecule has 0 aliphatic rings. The van der Waals surface area contributed by atoms with Crippen molar-refractivity contribution in [1.29, 1.82) is 0 Å². The molecule has 8 heteroatoms. The van der Waals surface area contributed by atoms with Crippen molar-refractivity contribution in [2.45, 2.75) is 19.8 Å².